The fraction of sp³-hybridized carbons (Fsp3) is 0.235. The molecule has 1 aliphatic heterocycles. The molecular formula is C17H17N3O2S. The van der Waals surface area contributed by atoms with E-state index in [1.54, 1.807) is 13.0 Å². The minimum Gasteiger partial charge on any atom is -0.333 e. The van der Waals surface area contributed by atoms with Gasteiger partial charge in [0.1, 0.15) is 0 Å². The third-order valence-corrected chi connectivity index (χ3v) is 4.59. The van der Waals surface area contributed by atoms with E-state index in [9.17, 15) is 9.59 Å². The van der Waals surface area contributed by atoms with E-state index < -0.39 is 0 Å². The van der Waals surface area contributed by atoms with Crippen molar-refractivity contribution in [3.8, 4) is 0 Å². The Morgan fingerprint density at radius 2 is 2.09 bits per heavy atom. The van der Waals surface area contributed by atoms with Crippen molar-refractivity contribution in [2.75, 3.05) is 11.9 Å². The fourth-order valence-electron chi connectivity index (χ4n) is 2.48. The molecule has 0 aliphatic carbocycles. The number of fused-ring (bicyclic) bond motifs is 1. The number of thiazole rings is 1. The molecular weight excluding hydrogens is 310 g/mol. The van der Waals surface area contributed by atoms with Crippen LogP contribution >= 0.6 is 11.3 Å². The maximum atomic E-state index is 12.5. The molecule has 0 unspecified atom stereocenters. The van der Waals surface area contributed by atoms with Gasteiger partial charge in [-0.05, 0) is 25.1 Å². The first-order valence-corrected chi connectivity index (χ1v) is 8.25. The Kier molecular flexibility index (Phi) is 4.52. The van der Waals surface area contributed by atoms with Crippen LogP contribution in [0.25, 0.3) is 0 Å². The van der Waals surface area contributed by atoms with Gasteiger partial charge in [-0.2, -0.15) is 0 Å². The van der Waals surface area contributed by atoms with Gasteiger partial charge in [-0.25, -0.2) is 4.98 Å². The van der Waals surface area contributed by atoms with Crippen LogP contribution in [0.4, 0.5) is 5.13 Å². The molecule has 0 bridgehead atoms. The van der Waals surface area contributed by atoms with Gasteiger partial charge in [-0.1, -0.05) is 35.6 Å². The van der Waals surface area contributed by atoms with E-state index in [1.165, 1.54) is 17.4 Å². The third-order valence-electron chi connectivity index (χ3n) is 3.59. The molecule has 0 atom stereocenters. The van der Waals surface area contributed by atoms with Crippen LogP contribution in [-0.2, 0) is 17.8 Å². The van der Waals surface area contributed by atoms with Crippen molar-refractivity contribution in [1.29, 1.82) is 0 Å². The second-order valence-corrected chi connectivity index (χ2v) is 6.30. The summed E-state index contributed by atoms with van der Waals surface area (Å²) >= 11 is 1.44. The maximum absolute atomic E-state index is 12.5. The molecule has 0 saturated carbocycles. The summed E-state index contributed by atoms with van der Waals surface area (Å²) in [5, 5.41) is 3.34. The minimum atomic E-state index is -0.184. The summed E-state index contributed by atoms with van der Waals surface area (Å²) in [6.45, 7) is 2.98. The van der Waals surface area contributed by atoms with E-state index in [0.29, 0.717) is 30.2 Å². The molecule has 1 N–H and O–H groups in total. The largest absolute Gasteiger partial charge is 0.333 e. The van der Waals surface area contributed by atoms with E-state index in [1.807, 2.05) is 35.2 Å². The lowest BCUT2D eigenvalue weighted by atomic mass is 10.1. The number of anilines is 1. The number of nitrogens with one attached hydrogen (secondary N) is 1. The number of allylic oxidation sites excluding steroid dienone is 1. The lowest BCUT2D eigenvalue weighted by molar-refractivity contribution is -0.111. The van der Waals surface area contributed by atoms with E-state index in [0.717, 1.165) is 10.6 Å². The van der Waals surface area contributed by atoms with E-state index >= 15 is 0 Å². The number of hydrogen-bond donors (Lipinski definition) is 1. The number of rotatable bonds is 3. The third kappa shape index (κ3) is 3.48. The molecule has 6 heteroatoms. The molecule has 118 valence electrons. The number of aromatic nitrogens is 1. The van der Waals surface area contributed by atoms with Crippen LogP contribution in [-0.4, -0.2) is 28.2 Å². The predicted molar refractivity (Wildman–Crippen MR) is 90.4 cm³/mol. The topological polar surface area (TPSA) is 62.3 Å². The number of nitrogens with zero attached hydrogens (tertiary/aromatic N) is 2. The summed E-state index contributed by atoms with van der Waals surface area (Å²) in [7, 11) is 0. The standard InChI is InChI=1S/C17H17N3O2S/c1-2-6-15(21)19-17-18-13-9-10-20(11-14(13)23-17)16(22)12-7-4-3-5-8-12/h2-8H,9-11H2,1H3,(H,18,19,21)/b6-2+. The first kappa shape index (κ1) is 15.4. The van der Waals surface area contributed by atoms with Crippen molar-refractivity contribution in [2.45, 2.75) is 19.9 Å². The molecule has 0 saturated heterocycles. The predicted octanol–water partition coefficient (Wildman–Crippen LogP) is 2.86. The van der Waals surface area contributed by atoms with Gasteiger partial charge in [0, 0.05) is 23.4 Å². The van der Waals surface area contributed by atoms with Crippen molar-refractivity contribution in [3.63, 3.8) is 0 Å². The summed E-state index contributed by atoms with van der Waals surface area (Å²) in [5.41, 5.74) is 1.67. The van der Waals surface area contributed by atoms with Gasteiger partial charge in [-0.3, -0.25) is 14.9 Å². The van der Waals surface area contributed by atoms with Crippen LogP contribution < -0.4 is 5.32 Å². The van der Waals surface area contributed by atoms with E-state index in [2.05, 4.69) is 10.3 Å². The highest BCUT2D eigenvalue weighted by Crippen LogP contribution is 2.29. The van der Waals surface area contributed by atoms with Crippen LogP contribution in [0.5, 0.6) is 0 Å². The van der Waals surface area contributed by atoms with Gasteiger partial charge in [-0.15, -0.1) is 0 Å². The quantitative estimate of drug-likeness (QED) is 0.882. The van der Waals surface area contributed by atoms with Gasteiger partial charge in [0.25, 0.3) is 5.91 Å². The lowest BCUT2D eigenvalue weighted by Gasteiger charge is -2.26. The Balaban J connectivity index is 1.72. The molecule has 0 radical (unpaired) electrons. The van der Waals surface area contributed by atoms with Gasteiger partial charge < -0.3 is 4.90 Å². The Morgan fingerprint density at radius 1 is 1.30 bits per heavy atom. The van der Waals surface area contributed by atoms with Crippen molar-refractivity contribution in [2.24, 2.45) is 0 Å². The Hall–Kier alpha value is -2.47. The van der Waals surface area contributed by atoms with Gasteiger partial charge in [0.2, 0.25) is 5.91 Å². The molecule has 1 aliphatic rings. The molecule has 2 aromatic rings. The second kappa shape index (κ2) is 6.75. The fourth-order valence-corrected chi connectivity index (χ4v) is 3.51. The lowest BCUT2D eigenvalue weighted by Crippen LogP contribution is -2.35. The van der Waals surface area contributed by atoms with Gasteiger partial charge in [0.15, 0.2) is 5.13 Å². The summed E-state index contributed by atoms with van der Waals surface area (Å²) in [6.07, 6.45) is 3.86. The minimum absolute atomic E-state index is 0.0316. The van der Waals surface area contributed by atoms with Crippen LogP contribution in [0, 0.1) is 0 Å². The average molecular weight is 327 g/mol. The first-order valence-electron chi connectivity index (χ1n) is 7.44. The summed E-state index contributed by atoms with van der Waals surface area (Å²) < 4.78 is 0. The molecule has 23 heavy (non-hydrogen) atoms. The zero-order valence-electron chi connectivity index (χ0n) is 12.8. The van der Waals surface area contributed by atoms with Crippen molar-refractivity contribution in [3.05, 3.63) is 58.6 Å². The molecule has 0 spiro atoms. The first-order chi connectivity index (χ1) is 11.2. The molecule has 2 heterocycles. The molecule has 1 aromatic heterocycles. The number of carbonyl (C=O) groups excluding carboxylic acids is 2. The van der Waals surface area contributed by atoms with E-state index in [4.69, 9.17) is 0 Å². The Labute approximate surface area is 138 Å². The molecule has 0 fully saturated rings. The number of hydrogen-bond acceptors (Lipinski definition) is 4. The maximum Gasteiger partial charge on any atom is 0.254 e. The Morgan fingerprint density at radius 3 is 2.83 bits per heavy atom. The average Bonchev–Trinajstić information content (AvgIpc) is 2.96. The van der Waals surface area contributed by atoms with Gasteiger partial charge >= 0.3 is 0 Å². The molecule has 1 aromatic carbocycles. The van der Waals surface area contributed by atoms with E-state index in [-0.39, 0.29) is 11.8 Å². The molecule has 3 rings (SSSR count). The molecule has 2 amide bonds. The van der Waals surface area contributed by atoms with Crippen molar-refractivity contribution < 1.29 is 9.59 Å². The SMILES string of the molecule is C/C=C/C(=O)Nc1nc2c(s1)CN(C(=O)c1ccccc1)CC2. The Bertz CT molecular complexity index is 752. The second-order valence-electron chi connectivity index (χ2n) is 5.22. The smallest absolute Gasteiger partial charge is 0.254 e. The van der Waals surface area contributed by atoms with Gasteiger partial charge in [0.05, 0.1) is 12.2 Å². The van der Waals surface area contributed by atoms with Crippen LogP contribution in [0.2, 0.25) is 0 Å². The number of benzene rings is 1. The highest BCUT2D eigenvalue weighted by atomic mass is 32.1. The summed E-state index contributed by atoms with van der Waals surface area (Å²) in [4.78, 5) is 31.4. The monoisotopic (exact) mass is 327 g/mol. The highest BCUT2D eigenvalue weighted by Gasteiger charge is 2.25. The van der Waals surface area contributed by atoms with Crippen molar-refractivity contribution in [1.82, 2.24) is 9.88 Å². The highest BCUT2D eigenvalue weighted by molar-refractivity contribution is 7.15. The summed E-state index contributed by atoms with van der Waals surface area (Å²) in [5.74, 6) is -0.153. The van der Waals surface area contributed by atoms with Crippen LogP contribution in [0.15, 0.2) is 42.5 Å². The summed E-state index contributed by atoms with van der Waals surface area (Å²) in [6, 6.07) is 9.28. The number of carbonyl (C=O) groups is 2. The zero-order valence-corrected chi connectivity index (χ0v) is 13.6. The normalized spacial score (nSPS) is 13.9. The number of amides is 2. The molecule has 5 nitrogen and oxygen atoms in total. The van der Waals surface area contributed by atoms with Crippen LogP contribution in [0.1, 0.15) is 27.9 Å². The zero-order chi connectivity index (χ0) is 16.2. The van der Waals surface area contributed by atoms with Crippen molar-refractivity contribution >= 4 is 28.3 Å². The van der Waals surface area contributed by atoms with Crippen LogP contribution in [0.3, 0.4) is 0 Å².